The number of nitrogens with one attached hydrogen (secondary N) is 2. The van der Waals surface area contributed by atoms with Gasteiger partial charge < -0.3 is 21.5 Å². The Hall–Kier alpha value is -5.01. The number of nitrogens with two attached hydrogens (primary N) is 1. The van der Waals surface area contributed by atoms with Crippen LogP contribution < -0.4 is 16.4 Å². The van der Waals surface area contributed by atoms with Crippen LogP contribution in [-0.2, 0) is 24.1 Å². The van der Waals surface area contributed by atoms with Crippen LogP contribution in [-0.4, -0.2) is 54.7 Å². The number of anilines is 3. The Morgan fingerprint density at radius 2 is 1.67 bits per heavy atom. The lowest BCUT2D eigenvalue weighted by Gasteiger charge is -2.15. The number of aromatic nitrogens is 5. The molecule has 1 aliphatic heterocycles. The average molecular weight is 581 g/mol. The van der Waals surface area contributed by atoms with Gasteiger partial charge in [-0.3, -0.25) is 4.79 Å². The van der Waals surface area contributed by atoms with Crippen LogP contribution in [0.5, 0.6) is 0 Å². The number of hydrogen-bond acceptors (Lipinski definition) is 8. The van der Waals surface area contributed by atoms with Crippen molar-refractivity contribution < 1.29 is 27.9 Å². The third-order valence-electron chi connectivity index (χ3n) is 6.89. The smallest absolute Gasteiger partial charge is 0.475 e. The van der Waals surface area contributed by atoms with Gasteiger partial charge in [-0.25, -0.2) is 4.79 Å². The first kappa shape index (κ1) is 28.5. The maximum atomic E-state index is 12.5. The molecule has 5 N–H and O–H groups in total. The number of carbonyl (C=O) groups excluding carboxylic acids is 1. The molecule has 2 aromatic heterocycles. The van der Waals surface area contributed by atoms with Gasteiger partial charge >= 0.3 is 12.1 Å². The zero-order valence-electron chi connectivity index (χ0n) is 22.3. The van der Waals surface area contributed by atoms with Crippen molar-refractivity contribution in [2.75, 3.05) is 17.6 Å². The molecule has 0 fully saturated rings. The number of aryl methyl sites for hydroxylation is 3. The van der Waals surface area contributed by atoms with Gasteiger partial charge in [0.15, 0.2) is 5.82 Å². The molecule has 218 valence electrons. The number of benzene rings is 2. The molecule has 1 amide bonds. The lowest BCUT2D eigenvalue weighted by atomic mass is 9.99. The molecule has 0 saturated carbocycles. The number of nitrogen functional groups attached to an aromatic ring is 1. The van der Waals surface area contributed by atoms with Gasteiger partial charge in [0.05, 0.1) is 5.69 Å². The first-order chi connectivity index (χ1) is 20.1. The van der Waals surface area contributed by atoms with Gasteiger partial charge in [-0.2, -0.15) is 22.8 Å². The number of rotatable bonds is 3. The van der Waals surface area contributed by atoms with Gasteiger partial charge in [0.2, 0.25) is 11.9 Å². The number of carbonyl (C=O) groups is 2. The summed E-state index contributed by atoms with van der Waals surface area (Å²) < 4.78 is 33.2. The van der Waals surface area contributed by atoms with Gasteiger partial charge in [-0.05, 0) is 73.4 Å². The molecular formula is C28H27F3N8O3. The first-order valence-electron chi connectivity index (χ1n) is 13.3. The second kappa shape index (κ2) is 11.8. The molecular weight excluding hydrogens is 553 g/mol. The Bertz CT molecular complexity index is 1640. The molecule has 0 radical (unpaired) electrons. The van der Waals surface area contributed by atoms with Crippen LogP contribution >= 0.6 is 0 Å². The highest BCUT2D eigenvalue weighted by Crippen LogP contribution is 2.31. The van der Waals surface area contributed by atoms with Crippen LogP contribution in [0.2, 0.25) is 0 Å². The van der Waals surface area contributed by atoms with E-state index in [4.69, 9.17) is 15.6 Å². The van der Waals surface area contributed by atoms with E-state index < -0.39 is 12.1 Å². The van der Waals surface area contributed by atoms with Crippen LogP contribution in [0, 0.1) is 0 Å². The van der Waals surface area contributed by atoms with Gasteiger partial charge in [-0.15, -0.1) is 15.3 Å². The predicted molar refractivity (Wildman–Crippen MR) is 148 cm³/mol. The molecule has 0 bridgehead atoms. The number of halogens is 3. The summed E-state index contributed by atoms with van der Waals surface area (Å²) in [6, 6.07) is 16.1. The quantitative estimate of drug-likeness (QED) is 0.278. The Labute approximate surface area is 238 Å². The monoisotopic (exact) mass is 580 g/mol. The van der Waals surface area contributed by atoms with Gasteiger partial charge in [0.1, 0.15) is 0 Å². The summed E-state index contributed by atoms with van der Waals surface area (Å²) >= 11 is 0. The first-order valence-corrected chi connectivity index (χ1v) is 13.3. The molecule has 11 nitrogen and oxygen atoms in total. The maximum Gasteiger partial charge on any atom is 0.490 e. The standard InChI is InChI=1S/C26H26N8O.C2HF3O2/c27-25-30-26(29-19-12-11-17-7-3-4-13-28-24(35)21(17)15-19)33-34(25)22-14-18-9-5-8-16-6-1-2-10-20(16)23(18)32-31-22;3-2(4,5)1(6)7/h1-2,6,10-12,14-15H,3-5,7-9,13H2,(H,28,35)(H3,27,29,30,33);(H,6,7). The lowest BCUT2D eigenvalue weighted by molar-refractivity contribution is -0.192. The number of amides is 1. The molecule has 2 aliphatic rings. The molecule has 1 aliphatic carbocycles. The van der Waals surface area contributed by atoms with Gasteiger partial charge in [0, 0.05) is 23.4 Å². The Morgan fingerprint density at radius 1 is 0.952 bits per heavy atom. The van der Waals surface area contributed by atoms with Crippen molar-refractivity contribution >= 4 is 29.5 Å². The topological polar surface area (TPSA) is 161 Å². The van der Waals surface area contributed by atoms with E-state index in [0.29, 0.717) is 23.9 Å². The zero-order valence-corrected chi connectivity index (χ0v) is 22.3. The van der Waals surface area contributed by atoms with Crippen molar-refractivity contribution in [3.63, 3.8) is 0 Å². The highest BCUT2D eigenvalue weighted by Gasteiger charge is 2.38. The number of fused-ring (bicyclic) bond motifs is 4. The highest BCUT2D eigenvalue weighted by molar-refractivity contribution is 5.97. The summed E-state index contributed by atoms with van der Waals surface area (Å²) in [5, 5.41) is 26.8. The second-order valence-corrected chi connectivity index (χ2v) is 9.81. The normalized spacial score (nSPS) is 14.4. The van der Waals surface area contributed by atoms with Crippen LogP contribution in [0.1, 0.15) is 46.3 Å². The SMILES string of the molecule is Nc1nc(Nc2ccc3c(c2)C(=O)NCCCC3)nn1-c1cc2c(nn1)-c1ccccc1CCC2.O=C(O)C(F)(F)F. The van der Waals surface area contributed by atoms with E-state index in [-0.39, 0.29) is 11.9 Å². The number of aliphatic carboxylic acids is 1. The van der Waals surface area contributed by atoms with Crippen molar-refractivity contribution in [3.05, 3.63) is 70.8 Å². The number of carboxylic acid groups (broad SMARTS) is 1. The van der Waals surface area contributed by atoms with Crippen LogP contribution in [0.3, 0.4) is 0 Å². The van der Waals surface area contributed by atoms with Crippen molar-refractivity contribution in [1.82, 2.24) is 30.3 Å². The summed E-state index contributed by atoms with van der Waals surface area (Å²) in [7, 11) is 0. The molecule has 0 saturated heterocycles. The minimum atomic E-state index is -5.08. The molecule has 2 aromatic carbocycles. The molecule has 4 aromatic rings. The third-order valence-corrected chi connectivity index (χ3v) is 6.89. The summed E-state index contributed by atoms with van der Waals surface area (Å²) in [4.78, 5) is 25.8. The average Bonchev–Trinajstić information content (AvgIpc) is 3.21. The van der Waals surface area contributed by atoms with E-state index >= 15 is 0 Å². The molecule has 6 rings (SSSR count). The number of nitrogens with zero attached hydrogens (tertiary/aromatic N) is 5. The Morgan fingerprint density at radius 3 is 2.45 bits per heavy atom. The summed E-state index contributed by atoms with van der Waals surface area (Å²) in [5.74, 6) is -1.75. The van der Waals surface area contributed by atoms with Gasteiger partial charge in [-0.1, -0.05) is 30.3 Å². The molecule has 3 heterocycles. The predicted octanol–water partition coefficient (Wildman–Crippen LogP) is 4.24. The summed E-state index contributed by atoms with van der Waals surface area (Å²) in [6.45, 7) is 0.700. The maximum absolute atomic E-state index is 12.5. The summed E-state index contributed by atoms with van der Waals surface area (Å²) in [5.41, 5.74) is 13.1. The lowest BCUT2D eigenvalue weighted by Crippen LogP contribution is -2.27. The largest absolute Gasteiger partial charge is 0.490 e. The fourth-order valence-electron chi connectivity index (χ4n) is 4.87. The van der Waals surface area contributed by atoms with Crippen molar-refractivity contribution in [2.24, 2.45) is 0 Å². The summed E-state index contributed by atoms with van der Waals surface area (Å²) in [6.07, 6.45) is 0.814. The molecule has 0 unspecified atom stereocenters. The number of carboxylic acids is 1. The van der Waals surface area contributed by atoms with E-state index in [9.17, 15) is 18.0 Å². The fourth-order valence-corrected chi connectivity index (χ4v) is 4.87. The highest BCUT2D eigenvalue weighted by atomic mass is 19.4. The Kier molecular flexibility index (Phi) is 8.04. The minimum Gasteiger partial charge on any atom is -0.475 e. The fraction of sp³-hybridized carbons (Fsp3) is 0.286. The van der Waals surface area contributed by atoms with Gasteiger partial charge in [0.25, 0.3) is 5.91 Å². The Balaban J connectivity index is 0.000000451. The van der Waals surface area contributed by atoms with Crippen molar-refractivity contribution in [3.8, 4) is 17.1 Å². The molecule has 14 heteroatoms. The van der Waals surface area contributed by atoms with E-state index in [1.165, 1.54) is 10.2 Å². The van der Waals surface area contributed by atoms with E-state index in [1.54, 1.807) is 0 Å². The van der Waals surface area contributed by atoms with Crippen molar-refractivity contribution in [2.45, 2.75) is 44.7 Å². The van der Waals surface area contributed by atoms with Crippen molar-refractivity contribution in [1.29, 1.82) is 0 Å². The number of hydrogen-bond donors (Lipinski definition) is 4. The third kappa shape index (κ3) is 6.32. The molecule has 0 atom stereocenters. The number of alkyl halides is 3. The van der Waals surface area contributed by atoms with E-state index in [2.05, 4.69) is 49.1 Å². The van der Waals surface area contributed by atoms with E-state index in [0.717, 1.165) is 66.6 Å². The van der Waals surface area contributed by atoms with Crippen LogP contribution in [0.15, 0.2) is 48.5 Å². The zero-order chi connectivity index (χ0) is 29.9. The van der Waals surface area contributed by atoms with Crippen LogP contribution in [0.25, 0.3) is 17.1 Å². The molecule has 42 heavy (non-hydrogen) atoms. The minimum absolute atomic E-state index is 0.0526. The van der Waals surface area contributed by atoms with E-state index in [1.807, 2.05) is 30.3 Å². The second-order valence-electron chi connectivity index (χ2n) is 9.81. The molecule has 0 spiro atoms. The van der Waals surface area contributed by atoms with Crippen LogP contribution in [0.4, 0.5) is 30.8 Å².